The van der Waals surface area contributed by atoms with Crippen molar-refractivity contribution in [2.24, 2.45) is 0 Å². The highest BCUT2D eigenvalue weighted by Gasteiger charge is 2.33. The van der Waals surface area contributed by atoms with E-state index in [1.165, 1.54) is 23.2 Å². The molecule has 2 atom stereocenters. The molecule has 1 aromatic heterocycles. The minimum atomic E-state index is 0.0195. The van der Waals surface area contributed by atoms with Crippen LogP contribution in [0.2, 0.25) is 0 Å². The number of benzene rings is 1. The Morgan fingerprint density at radius 1 is 1.14 bits per heavy atom. The summed E-state index contributed by atoms with van der Waals surface area (Å²) in [4.78, 5) is 26.7. The lowest BCUT2D eigenvalue weighted by Gasteiger charge is -2.31. The molecule has 6 heteroatoms. The first-order valence-electron chi connectivity index (χ1n) is 10.6. The number of nitrogens with one attached hydrogen (secondary N) is 1. The van der Waals surface area contributed by atoms with Crippen LogP contribution in [0, 0.1) is 20.8 Å². The molecular formula is C23H31N5O. The third-order valence-electron chi connectivity index (χ3n) is 6.53. The molecule has 6 nitrogen and oxygen atoms in total. The third-order valence-corrected chi connectivity index (χ3v) is 6.53. The number of fused-ring (bicyclic) bond motifs is 3. The average molecular weight is 394 g/mol. The number of aromatic nitrogens is 2. The van der Waals surface area contributed by atoms with Gasteiger partial charge in [-0.25, -0.2) is 9.97 Å². The van der Waals surface area contributed by atoms with Gasteiger partial charge in [0.15, 0.2) is 0 Å². The van der Waals surface area contributed by atoms with Crippen molar-refractivity contribution in [2.45, 2.75) is 58.7 Å². The van der Waals surface area contributed by atoms with Crippen molar-refractivity contribution in [3.63, 3.8) is 0 Å². The summed E-state index contributed by atoms with van der Waals surface area (Å²) < 4.78 is 0. The van der Waals surface area contributed by atoms with Gasteiger partial charge in [-0.3, -0.25) is 9.69 Å². The highest BCUT2D eigenvalue weighted by atomic mass is 16.2. The SMILES string of the molecule is Cc1ncc(C(=O)N2Cc3cccc(C)c3NCCC3CCC(C2)N3C)c(C)n1. The summed E-state index contributed by atoms with van der Waals surface area (Å²) in [6.45, 7) is 8.16. The normalized spacial score (nSPS) is 22.6. The van der Waals surface area contributed by atoms with Crippen LogP contribution in [0.4, 0.5) is 5.69 Å². The lowest BCUT2D eigenvalue weighted by Crippen LogP contribution is -2.43. The lowest BCUT2D eigenvalue weighted by atomic mass is 10.0. The molecule has 0 radical (unpaired) electrons. The Morgan fingerprint density at radius 2 is 1.93 bits per heavy atom. The fraction of sp³-hybridized carbons (Fsp3) is 0.522. The standard InChI is InChI=1S/C23H31N5O/c1-15-6-5-7-18-13-28(23(29)21-12-25-17(3)26-16(21)2)14-20-9-8-19(27(20)4)10-11-24-22(15)18/h5-7,12,19-20,24H,8-11,13-14H2,1-4H3. The molecule has 154 valence electrons. The predicted octanol–water partition coefficient (Wildman–Crippen LogP) is 3.32. The molecule has 1 aromatic carbocycles. The van der Waals surface area contributed by atoms with Gasteiger partial charge in [-0.1, -0.05) is 18.2 Å². The fourth-order valence-corrected chi connectivity index (χ4v) is 4.78. The molecule has 1 N–H and O–H groups in total. The molecule has 0 saturated carbocycles. The van der Waals surface area contributed by atoms with Gasteiger partial charge in [0.05, 0.1) is 11.3 Å². The predicted molar refractivity (Wildman–Crippen MR) is 115 cm³/mol. The van der Waals surface area contributed by atoms with E-state index in [4.69, 9.17) is 0 Å². The van der Waals surface area contributed by atoms with E-state index in [0.717, 1.165) is 31.6 Å². The number of carbonyl (C=O) groups excluding carboxylic acids is 1. The second-order valence-corrected chi connectivity index (χ2v) is 8.48. The number of hydrogen-bond acceptors (Lipinski definition) is 5. The number of hydrogen-bond donors (Lipinski definition) is 1. The number of aryl methyl sites for hydroxylation is 3. The van der Waals surface area contributed by atoms with Gasteiger partial charge in [-0.2, -0.15) is 0 Å². The summed E-state index contributed by atoms with van der Waals surface area (Å²) in [6, 6.07) is 7.31. The summed E-state index contributed by atoms with van der Waals surface area (Å²) in [6.07, 6.45) is 5.13. The number of nitrogens with zero attached hydrogens (tertiary/aromatic N) is 4. The Balaban J connectivity index is 1.72. The molecule has 29 heavy (non-hydrogen) atoms. The van der Waals surface area contributed by atoms with E-state index < -0.39 is 0 Å². The molecule has 2 aromatic rings. The number of amides is 1. The van der Waals surface area contributed by atoms with E-state index in [1.54, 1.807) is 6.20 Å². The van der Waals surface area contributed by atoms with Crippen molar-refractivity contribution in [3.8, 4) is 0 Å². The first kappa shape index (κ1) is 19.8. The molecule has 1 amide bonds. The van der Waals surface area contributed by atoms with Crippen molar-refractivity contribution in [1.29, 1.82) is 0 Å². The van der Waals surface area contributed by atoms with Crippen molar-refractivity contribution in [1.82, 2.24) is 19.8 Å². The summed E-state index contributed by atoms with van der Waals surface area (Å²) >= 11 is 0. The maximum absolute atomic E-state index is 13.6. The maximum Gasteiger partial charge on any atom is 0.257 e. The van der Waals surface area contributed by atoms with E-state index in [-0.39, 0.29) is 5.91 Å². The molecule has 2 aliphatic rings. The largest absolute Gasteiger partial charge is 0.384 e. The van der Waals surface area contributed by atoms with Gasteiger partial charge in [-0.15, -0.1) is 0 Å². The summed E-state index contributed by atoms with van der Waals surface area (Å²) in [7, 11) is 2.21. The van der Waals surface area contributed by atoms with Crippen LogP contribution >= 0.6 is 0 Å². The van der Waals surface area contributed by atoms with Gasteiger partial charge in [0.1, 0.15) is 5.82 Å². The van der Waals surface area contributed by atoms with Crippen molar-refractivity contribution < 1.29 is 4.79 Å². The molecule has 1 saturated heterocycles. The molecule has 2 bridgehead atoms. The smallest absolute Gasteiger partial charge is 0.257 e. The van der Waals surface area contributed by atoms with Crippen molar-refractivity contribution >= 4 is 11.6 Å². The van der Waals surface area contributed by atoms with Crippen LogP contribution in [0.5, 0.6) is 0 Å². The van der Waals surface area contributed by atoms with Crippen LogP contribution in [0.25, 0.3) is 0 Å². The van der Waals surface area contributed by atoms with Crippen LogP contribution in [-0.2, 0) is 6.54 Å². The van der Waals surface area contributed by atoms with Crippen LogP contribution in [0.1, 0.15) is 52.3 Å². The molecular weight excluding hydrogens is 362 g/mol. The molecule has 2 aliphatic heterocycles. The highest BCUT2D eigenvalue weighted by Crippen LogP contribution is 2.29. The Morgan fingerprint density at radius 3 is 2.72 bits per heavy atom. The summed E-state index contributed by atoms with van der Waals surface area (Å²) in [5.74, 6) is 0.714. The van der Waals surface area contributed by atoms with Crippen molar-refractivity contribution in [2.75, 3.05) is 25.5 Å². The van der Waals surface area contributed by atoms with Gasteiger partial charge in [0.2, 0.25) is 0 Å². The highest BCUT2D eigenvalue weighted by molar-refractivity contribution is 5.95. The molecule has 3 heterocycles. The molecule has 0 aliphatic carbocycles. The fourth-order valence-electron chi connectivity index (χ4n) is 4.78. The summed E-state index contributed by atoms with van der Waals surface area (Å²) in [5, 5.41) is 3.66. The van der Waals surface area contributed by atoms with E-state index in [0.29, 0.717) is 30.0 Å². The molecule has 0 spiro atoms. The minimum Gasteiger partial charge on any atom is -0.384 e. The van der Waals surface area contributed by atoms with Crippen LogP contribution in [0.15, 0.2) is 24.4 Å². The number of anilines is 1. The zero-order chi connectivity index (χ0) is 20.5. The Kier molecular flexibility index (Phi) is 5.54. The average Bonchev–Trinajstić information content (AvgIpc) is 3.00. The van der Waals surface area contributed by atoms with Gasteiger partial charge in [-0.05, 0) is 58.2 Å². The summed E-state index contributed by atoms with van der Waals surface area (Å²) in [5.41, 5.74) is 4.91. The third kappa shape index (κ3) is 3.99. The second-order valence-electron chi connectivity index (χ2n) is 8.48. The van der Waals surface area contributed by atoms with Crippen LogP contribution in [0.3, 0.4) is 0 Å². The number of para-hydroxylation sites is 1. The van der Waals surface area contributed by atoms with Gasteiger partial charge in [0, 0.05) is 43.6 Å². The Hall–Kier alpha value is -2.47. The topological polar surface area (TPSA) is 61.4 Å². The molecule has 4 rings (SSSR count). The van der Waals surface area contributed by atoms with Crippen molar-refractivity contribution in [3.05, 3.63) is 52.6 Å². The van der Waals surface area contributed by atoms with E-state index in [2.05, 4.69) is 52.4 Å². The first-order valence-corrected chi connectivity index (χ1v) is 10.6. The molecule has 1 fully saturated rings. The number of carbonyl (C=O) groups is 1. The quantitative estimate of drug-likeness (QED) is 0.805. The van der Waals surface area contributed by atoms with E-state index in [1.807, 2.05) is 18.7 Å². The molecule has 2 unspecified atom stereocenters. The Labute approximate surface area is 173 Å². The number of likely N-dealkylation sites (N-methyl/N-ethyl adjacent to an activating group) is 1. The second kappa shape index (κ2) is 8.11. The zero-order valence-electron chi connectivity index (χ0n) is 17.9. The van der Waals surface area contributed by atoms with Gasteiger partial charge >= 0.3 is 0 Å². The first-order chi connectivity index (χ1) is 13.9. The van der Waals surface area contributed by atoms with Crippen LogP contribution < -0.4 is 5.32 Å². The van der Waals surface area contributed by atoms with Gasteiger partial charge < -0.3 is 10.2 Å². The monoisotopic (exact) mass is 393 g/mol. The zero-order valence-corrected chi connectivity index (χ0v) is 17.9. The number of rotatable bonds is 1. The minimum absolute atomic E-state index is 0.0195. The lowest BCUT2D eigenvalue weighted by molar-refractivity contribution is 0.0687. The Bertz CT molecular complexity index is 912. The van der Waals surface area contributed by atoms with E-state index >= 15 is 0 Å². The maximum atomic E-state index is 13.6. The van der Waals surface area contributed by atoms with Crippen LogP contribution in [-0.4, -0.2) is 57.9 Å². The van der Waals surface area contributed by atoms with Gasteiger partial charge in [0.25, 0.3) is 5.91 Å². The van der Waals surface area contributed by atoms with E-state index in [9.17, 15) is 4.79 Å².